The first-order chi connectivity index (χ1) is 12.7. The van der Waals surface area contributed by atoms with Crippen molar-refractivity contribution in [2.75, 3.05) is 28.6 Å². The van der Waals surface area contributed by atoms with Gasteiger partial charge >= 0.3 is 0 Å². The van der Waals surface area contributed by atoms with Crippen LogP contribution >= 0.6 is 11.3 Å². The molecular weight excluding hydrogens is 344 g/mol. The van der Waals surface area contributed by atoms with E-state index in [-0.39, 0.29) is 5.91 Å². The minimum atomic E-state index is -0.116. The minimum Gasteiger partial charge on any atom is -0.372 e. The summed E-state index contributed by atoms with van der Waals surface area (Å²) < 4.78 is 0. The van der Waals surface area contributed by atoms with Crippen molar-refractivity contribution in [1.82, 2.24) is 4.98 Å². The largest absolute Gasteiger partial charge is 0.372 e. The zero-order chi connectivity index (χ0) is 18.4. The lowest BCUT2D eigenvalue weighted by Crippen LogP contribution is -2.21. The molecule has 0 aliphatic rings. The van der Waals surface area contributed by atoms with E-state index in [1.165, 1.54) is 17.0 Å². The van der Waals surface area contributed by atoms with E-state index in [4.69, 9.17) is 0 Å². The maximum atomic E-state index is 12.0. The van der Waals surface area contributed by atoms with E-state index in [2.05, 4.69) is 46.5 Å². The lowest BCUT2D eigenvalue weighted by molar-refractivity contribution is 0.103. The van der Waals surface area contributed by atoms with Gasteiger partial charge < -0.3 is 15.5 Å². The van der Waals surface area contributed by atoms with E-state index in [1.807, 2.05) is 35.7 Å². The molecule has 6 heteroatoms. The fourth-order valence-corrected chi connectivity index (χ4v) is 3.25. The maximum absolute atomic E-state index is 12.0. The molecule has 0 unspecified atom stereocenters. The number of aromatic nitrogens is 1. The Morgan fingerprint density at radius 1 is 1.04 bits per heavy atom. The van der Waals surface area contributed by atoms with E-state index in [9.17, 15) is 4.79 Å². The second kappa shape index (κ2) is 8.49. The van der Waals surface area contributed by atoms with Gasteiger partial charge in [0.05, 0.1) is 16.8 Å². The van der Waals surface area contributed by atoms with Crippen LogP contribution < -0.4 is 15.5 Å². The Labute approximate surface area is 157 Å². The molecule has 5 nitrogen and oxygen atoms in total. The molecule has 0 saturated heterocycles. The van der Waals surface area contributed by atoms with Crippen LogP contribution in [0.25, 0.3) is 0 Å². The monoisotopic (exact) mass is 366 g/mol. The van der Waals surface area contributed by atoms with E-state index in [1.54, 1.807) is 12.3 Å². The summed E-state index contributed by atoms with van der Waals surface area (Å²) in [5.74, 6) is 0.615. The highest BCUT2D eigenvalue weighted by Gasteiger charge is 2.07. The molecule has 3 aromatic rings. The van der Waals surface area contributed by atoms with Crippen molar-refractivity contribution >= 4 is 40.1 Å². The van der Waals surface area contributed by atoms with E-state index >= 15 is 0 Å². The van der Waals surface area contributed by atoms with Gasteiger partial charge in [0.15, 0.2) is 0 Å². The maximum Gasteiger partial charge on any atom is 0.265 e. The third-order valence-corrected chi connectivity index (χ3v) is 4.90. The molecule has 0 atom stereocenters. The van der Waals surface area contributed by atoms with Gasteiger partial charge in [-0.25, -0.2) is 4.98 Å². The Balaban J connectivity index is 1.61. The molecule has 2 aromatic heterocycles. The van der Waals surface area contributed by atoms with Crippen LogP contribution in [0, 0.1) is 0 Å². The van der Waals surface area contributed by atoms with Gasteiger partial charge in [-0.1, -0.05) is 6.07 Å². The molecular formula is C20H22N4OS. The normalized spacial score (nSPS) is 10.4. The van der Waals surface area contributed by atoms with Gasteiger partial charge in [-0.3, -0.25) is 4.79 Å². The van der Waals surface area contributed by atoms with Crippen LogP contribution in [0.15, 0.2) is 60.1 Å². The van der Waals surface area contributed by atoms with Crippen molar-refractivity contribution in [3.05, 3.63) is 65.0 Å². The number of benzene rings is 1. The van der Waals surface area contributed by atoms with Crippen LogP contribution in [0.4, 0.5) is 22.9 Å². The number of thiophene rings is 1. The second-order valence-electron chi connectivity index (χ2n) is 5.71. The summed E-state index contributed by atoms with van der Waals surface area (Å²) in [6.45, 7) is 6.28. The summed E-state index contributed by atoms with van der Waals surface area (Å²) in [6, 6.07) is 15.6. The number of nitrogens with one attached hydrogen (secondary N) is 2. The van der Waals surface area contributed by atoms with Crippen LogP contribution in [0.3, 0.4) is 0 Å². The van der Waals surface area contributed by atoms with Crippen molar-refractivity contribution in [2.24, 2.45) is 0 Å². The lowest BCUT2D eigenvalue weighted by Gasteiger charge is -2.21. The van der Waals surface area contributed by atoms with Gasteiger partial charge in [-0.15, -0.1) is 11.3 Å². The average Bonchev–Trinajstić information content (AvgIpc) is 3.21. The number of pyridine rings is 1. The van der Waals surface area contributed by atoms with Crippen molar-refractivity contribution < 1.29 is 4.79 Å². The molecule has 2 heterocycles. The van der Waals surface area contributed by atoms with E-state index < -0.39 is 0 Å². The van der Waals surface area contributed by atoms with Crippen molar-refractivity contribution in [3.8, 4) is 0 Å². The standard InChI is InChI=1S/C20H22N4OS/c1-3-24(4-2)17-10-7-15(8-11-17)22-19-12-9-16(14-21-19)23-20(25)18-6-5-13-26-18/h5-14H,3-4H2,1-2H3,(H,21,22)(H,23,25). The second-order valence-corrected chi connectivity index (χ2v) is 6.66. The van der Waals surface area contributed by atoms with E-state index in [0.717, 1.165) is 24.6 Å². The molecule has 2 N–H and O–H groups in total. The highest BCUT2D eigenvalue weighted by molar-refractivity contribution is 7.12. The number of carbonyl (C=O) groups is 1. The molecule has 0 saturated carbocycles. The molecule has 0 aliphatic heterocycles. The van der Waals surface area contributed by atoms with Gasteiger partial charge in [0.25, 0.3) is 5.91 Å². The van der Waals surface area contributed by atoms with Gasteiger partial charge in [-0.05, 0) is 61.7 Å². The SMILES string of the molecule is CCN(CC)c1ccc(Nc2ccc(NC(=O)c3cccs3)cn2)cc1. The fraction of sp³-hybridized carbons (Fsp3) is 0.200. The van der Waals surface area contributed by atoms with Gasteiger partial charge in [0.2, 0.25) is 0 Å². The molecule has 26 heavy (non-hydrogen) atoms. The molecule has 0 fully saturated rings. The predicted octanol–water partition coefficient (Wildman–Crippen LogP) is 4.99. The highest BCUT2D eigenvalue weighted by Crippen LogP contribution is 2.21. The Morgan fingerprint density at radius 3 is 2.35 bits per heavy atom. The third-order valence-electron chi connectivity index (χ3n) is 4.03. The molecule has 0 aliphatic carbocycles. The molecule has 134 valence electrons. The topological polar surface area (TPSA) is 57.3 Å². The quantitative estimate of drug-likeness (QED) is 0.619. The predicted molar refractivity (Wildman–Crippen MR) is 110 cm³/mol. The summed E-state index contributed by atoms with van der Waals surface area (Å²) in [4.78, 5) is 19.4. The first-order valence-electron chi connectivity index (χ1n) is 8.62. The fourth-order valence-electron chi connectivity index (χ4n) is 2.63. The first-order valence-corrected chi connectivity index (χ1v) is 9.50. The smallest absolute Gasteiger partial charge is 0.265 e. The Hall–Kier alpha value is -2.86. The summed E-state index contributed by atoms with van der Waals surface area (Å²) in [6.07, 6.45) is 1.65. The molecule has 0 spiro atoms. The number of hydrogen-bond donors (Lipinski definition) is 2. The Morgan fingerprint density at radius 2 is 1.77 bits per heavy atom. The zero-order valence-electron chi connectivity index (χ0n) is 14.9. The van der Waals surface area contributed by atoms with Gasteiger partial charge in [0.1, 0.15) is 5.82 Å². The lowest BCUT2D eigenvalue weighted by atomic mass is 10.2. The van der Waals surface area contributed by atoms with Crippen LogP contribution in [0.2, 0.25) is 0 Å². The van der Waals surface area contributed by atoms with E-state index in [0.29, 0.717) is 10.6 Å². The summed E-state index contributed by atoms with van der Waals surface area (Å²) in [5, 5.41) is 8.00. The Bertz CT molecular complexity index is 825. The molecule has 0 radical (unpaired) electrons. The number of hydrogen-bond acceptors (Lipinski definition) is 5. The van der Waals surface area contributed by atoms with Crippen molar-refractivity contribution in [2.45, 2.75) is 13.8 Å². The first kappa shape index (κ1) is 17.9. The van der Waals surface area contributed by atoms with Crippen molar-refractivity contribution in [1.29, 1.82) is 0 Å². The number of amides is 1. The number of nitrogens with zero attached hydrogens (tertiary/aromatic N) is 2. The molecule has 1 aromatic carbocycles. The molecule has 0 bridgehead atoms. The highest BCUT2D eigenvalue weighted by atomic mass is 32.1. The summed E-state index contributed by atoms with van der Waals surface area (Å²) in [5.41, 5.74) is 2.86. The van der Waals surface area contributed by atoms with Crippen molar-refractivity contribution in [3.63, 3.8) is 0 Å². The summed E-state index contributed by atoms with van der Waals surface area (Å²) >= 11 is 1.41. The number of rotatable bonds is 7. The van der Waals surface area contributed by atoms with Crippen LogP contribution in [0.5, 0.6) is 0 Å². The number of carbonyl (C=O) groups excluding carboxylic acids is 1. The van der Waals surface area contributed by atoms with Crippen LogP contribution in [-0.2, 0) is 0 Å². The number of anilines is 4. The third kappa shape index (κ3) is 4.40. The average molecular weight is 366 g/mol. The van der Waals surface area contributed by atoms with Crippen LogP contribution in [-0.4, -0.2) is 24.0 Å². The van der Waals surface area contributed by atoms with Crippen LogP contribution in [0.1, 0.15) is 23.5 Å². The van der Waals surface area contributed by atoms with Gasteiger partial charge in [-0.2, -0.15) is 0 Å². The summed E-state index contributed by atoms with van der Waals surface area (Å²) in [7, 11) is 0. The molecule has 3 rings (SSSR count). The van der Waals surface area contributed by atoms with Gasteiger partial charge in [0, 0.05) is 24.5 Å². The molecule has 1 amide bonds. The minimum absolute atomic E-state index is 0.116. The Kier molecular flexibility index (Phi) is 5.86. The zero-order valence-corrected chi connectivity index (χ0v) is 15.7.